The van der Waals surface area contributed by atoms with E-state index in [-0.39, 0.29) is 16.9 Å². The molecule has 2 aromatic rings. The van der Waals surface area contributed by atoms with Crippen LogP contribution in [0.5, 0.6) is 0 Å². The molecule has 5 heteroatoms. The van der Waals surface area contributed by atoms with Crippen LogP contribution in [0.2, 0.25) is 0 Å². The third kappa shape index (κ3) is 2.68. The third-order valence-electron chi connectivity index (χ3n) is 3.93. The summed E-state index contributed by atoms with van der Waals surface area (Å²) in [6, 6.07) is 9.88. The second-order valence-electron chi connectivity index (χ2n) is 5.41. The van der Waals surface area contributed by atoms with Crippen molar-refractivity contribution in [2.75, 3.05) is 0 Å². The van der Waals surface area contributed by atoms with Gasteiger partial charge in [0.05, 0.1) is 22.2 Å². The molecule has 1 fully saturated rings. The molecule has 3 rings (SSSR count). The van der Waals surface area contributed by atoms with Crippen LogP contribution >= 0.6 is 11.8 Å². The number of thioether (sulfide) groups is 1. The van der Waals surface area contributed by atoms with E-state index < -0.39 is 0 Å². The Hall–Kier alpha value is -1.80. The summed E-state index contributed by atoms with van der Waals surface area (Å²) in [6.07, 6.45) is 4.35. The zero-order valence-electron chi connectivity index (χ0n) is 12.0. The Morgan fingerprint density at radius 1 is 1.38 bits per heavy atom. The van der Waals surface area contributed by atoms with E-state index in [9.17, 15) is 4.79 Å². The van der Waals surface area contributed by atoms with Gasteiger partial charge in [-0.1, -0.05) is 36.7 Å². The minimum atomic E-state index is -0.217. The second-order valence-corrected chi connectivity index (χ2v) is 6.72. The molecule has 1 aliphatic carbocycles. The number of hydrogen-bond donors (Lipinski definition) is 0. The number of fused-ring (bicyclic) bond motifs is 1. The minimum Gasteiger partial charge on any atom is -0.284 e. The summed E-state index contributed by atoms with van der Waals surface area (Å²) in [5, 5.41) is 10.2. The number of nitriles is 1. The van der Waals surface area contributed by atoms with Gasteiger partial charge in [0.1, 0.15) is 0 Å². The zero-order valence-corrected chi connectivity index (χ0v) is 12.8. The highest BCUT2D eigenvalue weighted by molar-refractivity contribution is 8.00. The fourth-order valence-corrected chi connectivity index (χ4v) is 3.74. The van der Waals surface area contributed by atoms with Gasteiger partial charge in [-0.2, -0.15) is 5.26 Å². The smallest absolute Gasteiger partial charge is 0.262 e. The molecule has 1 aromatic carbocycles. The van der Waals surface area contributed by atoms with Crippen LogP contribution in [0.3, 0.4) is 0 Å². The molecule has 108 valence electrons. The Morgan fingerprint density at radius 3 is 2.81 bits per heavy atom. The molecule has 1 atom stereocenters. The molecule has 0 N–H and O–H groups in total. The van der Waals surface area contributed by atoms with Gasteiger partial charge in [-0.3, -0.25) is 9.36 Å². The average Bonchev–Trinajstić information content (AvgIpc) is 3.01. The van der Waals surface area contributed by atoms with Gasteiger partial charge in [-0.15, -0.1) is 0 Å². The van der Waals surface area contributed by atoms with Crippen molar-refractivity contribution < 1.29 is 0 Å². The highest BCUT2D eigenvalue weighted by Crippen LogP contribution is 2.33. The van der Waals surface area contributed by atoms with Gasteiger partial charge in [0.15, 0.2) is 5.16 Å². The minimum absolute atomic E-state index is 0.0279. The fourth-order valence-electron chi connectivity index (χ4n) is 2.88. The highest BCUT2D eigenvalue weighted by atomic mass is 32.2. The normalized spacial score (nSPS) is 17.0. The van der Waals surface area contributed by atoms with Crippen LogP contribution < -0.4 is 5.56 Å². The van der Waals surface area contributed by atoms with Crippen molar-refractivity contribution in [3.63, 3.8) is 0 Å². The first-order valence-electron chi connectivity index (χ1n) is 7.28. The third-order valence-corrected chi connectivity index (χ3v) is 4.89. The molecular weight excluding hydrogens is 282 g/mol. The van der Waals surface area contributed by atoms with Crippen molar-refractivity contribution in [1.82, 2.24) is 9.55 Å². The summed E-state index contributed by atoms with van der Waals surface area (Å²) in [6.45, 7) is 1.84. The maximum absolute atomic E-state index is 12.8. The maximum atomic E-state index is 12.8. The van der Waals surface area contributed by atoms with Crippen LogP contribution in [-0.2, 0) is 0 Å². The summed E-state index contributed by atoms with van der Waals surface area (Å²) in [5.41, 5.74) is 0.740. The van der Waals surface area contributed by atoms with Gasteiger partial charge < -0.3 is 0 Å². The largest absolute Gasteiger partial charge is 0.284 e. The molecule has 4 nitrogen and oxygen atoms in total. The Morgan fingerprint density at radius 2 is 2.10 bits per heavy atom. The molecule has 0 amide bonds. The van der Waals surface area contributed by atoms with Crippen LogP contribution in [0.15, 0.2) is 34.2 Å². The Labute approximate surface area is 127 Å². The van der Waals surface area contributed by atoms with Crippen molar-refractivity contribution in [1.29, 1.82) is 5.26 Å². The summed E-state index contributed by atoms with van der Waals surface area (Å²) >= 11 is 1.38. The number of aromatic nitrogens is 2. The number of hydrogen-bond acceptors (Lipinski definition) is 4. The highest BCUT2D eigenvalue weighted by Gasteiger charge is 2.23. The van der Waals surface area contributed by atoms with Crippen LogP contribution in [0.4, 0.5) is 0 Å². The molecule has 1 aliphatic rings. The van der Waals surface area contributed by atoms with E-state index in [0.29, 0.717) is 16.1 Å². The van der Waals surface area contributed by atoms with E-state index in [1.807, 2.05) is 35.8 Å². The van der Waals surface area contributed by atoms with Gasteiger partial charge >= 0.3 is 0 Å². The van der Waals surface area contributed by atoms with Crippen molar-refractivity contribution in [2.45, 2.75) is 49.1 Å². The monoisotopic (exact) mass is 299 g/mol. The van der Waals surface area contributed by atoms with Crippen molar-refractivity contribution in [3.05, 3.63) is 34.6 Å². The number of para-hydroxylation sites is 1. The zero-order chi connectivity index (χ0) is 14.8. The van der Waals surface area contributed by atoms with Gasteiger partial charge in [0.2, 0.25) is 0 Å². The molecule has 1 aromatic heterocycles. The molecule has 0 radical (unpaired) electrons. The van der Waals surface area contributed by atoms with Crippen LogP contribution in [0.25, 0.3) is 10.9 Å². The summed E-state index contributed by atoms with van der Waals surface area (Å²) in [4.78, 5) is 17.5. The lowest BCUT2D eigenvalue weighted by Gasteiger charge is -2.19. The molecule has 1 saturated carbocycles. The first kappa shape index (κ1) is 14.2. The maximum Gasteiger partial charge on any atom is 0.262 e. The second kappa shape index (κ2) is 5.90. The first-order valence-corrected chi connectivity index (χ1v) is 8.16. The first-order chi connectivity index (χ1) is 10.2. The van der Waals surface area contributed by atoms with Gasteiger partial charge in [0, 0.05) is 6.04 Å². The molecule has 0 saturated heterocycles. The van der Waals surface area contributed by atoms with E-state index in [1.165, 1.54) is 11.8 Å². The Bertz CT molecular complexity index is 756. The average molecular weight is 299 g/mol. The van der Waals surface area contributed by atoms with Gasteiger partial charge in [-0.25, -0.2) is 4.98 Å². The molecule has 0 spiro atoms. The lowest BCUT2D eigenvalue weighted by Crippen LogP contribution is -2.26. The van der Waals surface area contributed by atoms with E-state index in [1.54, 1.807) is 0 Å². The van der Waals surface area contributed by atoms with Crippen molar-refractivity contribution in [2.24, 2.45) is 0 Å². The Kier molecular flexibility index (Phi) is 3.98. The lowest BCUT2D eigenvalue weighted by molar-refractivity contribution is 0.457. The number of rotatable bonds is 3. The molecule has 0 bridgehead atoms. The number of nitrogens with zero attached hydrogens (tertiary/aromatic N) is 3. The quantitative estimate of drug-likeness (QED) is 0.643. The van der Waals surface area contributed by atoms with E-state index in [0.717, 1.165) is 25.7 Å². The van der Waals surface area contributed by atoms with Crippen LogP contribution in [-0.4, -0.2) is 14.8 Å². The lowest BCUT2D eigenvalue weighted by atomic mass is 10.2. The summed E-state index contributed by atoms with van der Waals surface area (Å²) in [7, 11) is 0. The predicted octanol–water partition coefficient (Wildman–Crippen LogP) is 3.52. The summed E-state index contributed by atoms with van der Waals surface area (Å²) in [5.74, 6) is 0. The Balaban J connectivity index is 2.20. The predicted molar refractivity (Wildman–Crippen MR) is 84.4 cm³/mol. The molecule has 21 heavy (non-hydrogen) atoms. The summed E-state index contributed by atoms with van der Waals surface area (Å²) < 4.78 is 1.83. The van der Waals surface area contributed by atoms with Crippen molar-refractivity contribution >= 4 is 22.7 Å². The van der Waals surface area contributed by atoms with E-state index in [4.69, 9.17) is 5.26 Å². The van der Waals surface area contributed by atoms with Gasteiger partial charge in [-0.05, 0) is 31.9 Å². The van der Waals surface area contributed by atoms with Crippen LogP contribution in [0, 0.1) is 11.3 Å². The molecular formula is C16H17N3OS. The SMILES string of the molecule is CC(C#N)Sc1nc2ccccc2c(=O)n1C1CCCC1. The molecule has 1 unspecified atom stereocenters. The van der Waals surface area contributed by atoms with Crippen molar-refractivity contribution in [3.8, 4) is 6.07 Å². The molecule has 1 heterocycles. The van der Waals surface area contributed by atoms with E-state index in [2.05, 4.69) is 11.1 Å². The standard InChI is InChI=1S/C16H17N3OS/c1-11(10-17)21-16-18-14-9-5-4-8-13(14)15(20)19(16)12-6-2-3-7-12/h4-5,8-9,11-12H,2-3,6-7H2,1H3. The number of benzene rings is 1. The van der Waals surface area contributed by atoms with Crippen LogP contribution in [0.1, 0.15) is 38.6 Å². The van der Waals surface area contributed by atoms with Gasteiger partial charge in [0.25, 0.3) is 5.56 Å². The topological polar surface area (TPSA) is 58.7 Å². The fraction of sp³-hybridized carbons (Fsp3) is 0.438. The molecule has 0 aliphatic heterocycles. The van der Waals surface area contributed by atoms with E-state index >= 15 is 0 Å².